The van der Waals surface area contributed by atoms with Crippen LogP contribution in [0, 0.1) is 0 Å². The van der Waals surface area contributed by atoms with Gasteiger partial charge in [-0.25, -0.2) is 15.8 Å². The van der Waals surface area contributed by atoms with Crippen molar-refractivity contribution < 1.29 is 5.11 Å². The van der Waals surface area contributed by atoms with Gasteiger partial charge in [-0.1, -0.05) is 0 Å². The molecule has 0 amide bonds. The fraction of sp³-hybridized carbons (Fsp3) is 0.667. The minimum Gasteiger partial charge on any atom is -0.396 e. The van der Waals surface area contributed by atoms with Crippen molar-refractivity contribution in [3.8, 4) is 0 Å². The molecule has 19 heavy (non-hydrogen) atoms. The standard InChI is InChI=1S/C12H21N5OS/c13-17-11-8-10(14-4-7-19-6-1-5-18)15-12(16-11)9-2-3-9/h8-9,18H,1-7,13H2,(H2,14,15,16,17). The van der Waals surface area contributed by atoms with Crippen molar-refractivity contribution in [2.45, 2.75) is 25.2 Å². The summed E-state index contributed by atoms with van der Waals surface area (Å²) in [5.74, 6) is 10.3. The highest BCUT2D eigenvalue weighted by Crippen LogP contribution is 2.38. The summed E-state index contributed by atoms with van der Waals surface area (Å²) < 4.78 is 0. The maximum Gasteiger partial charge on any atom is 0.145 e. The Hall–Kier alpha value is -1.05. The number of nitrogens with one attached hydrogen (secondary N) is 2. The number of hydrogen-bond acceptors (Lipinski definition) is 7. The lowest BCUT2D eigenvalue weighted by Crippen LogP contribution is -2.13. The summed E-state index contributed by atoms with van der Waals surface area (Å²) in [5, 5.41) is 12.0. The molecule has 0 spiro atoms. The number of nitrogens with zero attached hydrogens (tertiary/aromatic N) is 2. The first-order valence-corrected chi connectivity index (χ1v) is 7.77. The van der Waals surface area contributed by atoms with E-state index in [0.717, 1.165) is 36.1 Å². The molecule has 0 atom stereocenters. The summed E-state index contributed by atoms with van der Waals surface area (Å²) in [6.07, 6.45) is 3.19. The average Bonchev–Trinajstić information content (AvgIpc) is 3.27. The SMILES string of the molecule is NNc1cc(NCCSCCCO)nc(C2CC2)n1. The monoisotopic (exact) mass is 283 g/mol. The number of hydrazine groups is 1. The van der Waals surface area contributed by atoms with E-state index in [9.17, 15) is 0 Å². The van der Waals surface area contributed by atoms with Gasteiger partial charge in [-0.2, -0.15) is 11.8 Å². The number of nitrogens with two attached hydrogens (primary N) is 1. The first-order chi connectivity index (χ1) is 9.33. The van der Waals surface area contributed by atoms with Gasteiger partial charge in [0.25, 0.3) is 0 Å². The van der Waals surface area contributed by atoms with Gasteiger partial charge in [0.15, 0.2) is 0 Å². The lowest BCUT2D eigenvalue weighted by molar-refractivity contribution is 0.296. The number of thioether (sulfide) groups is 1. The number of anilines is 2. The lowest BCUT2D eigenvalue weighted by atomic mass is 10.4. The molecule has 2 rings (SSSR count). The van der Waals surface area contributed by atoms with Gasteiger partial charge < -0.3 is 15.8 Å². The summed E-state index contributed by atoms with van der Waals surface area (Å²) in [6, 6.07) is 1.82. The van der Waals surface area contributed by atoms with Crippen LogP contribution in [0.4, 0.5) is 11.6 Å². The number of nitrogen functional groups attached to an aromatic ring is 1. The summed E-state index contributed by atoms with van der Waals surface area (Å²) in [6.45, 7) is 1.11. The Bertz CT molecular complexity index is 400. The second kappa shape index (κ2) is 7.52. The van der Waals surface area contributed by atoms with Crippen LogP contribution in [0.15, 0.2) is 6.07 Å². The maximum atomic E-state index is 8.68. The van der Waals surface area contributed by atoms with Crippen LogP contribution >= 0.6 is 11.8 Å². The van der Waals surface area contributed by atoms with E-state index in [4.69, 9.17) is 10.9 Å². The molecule has 1 aromatic heterocycles. The number of aliphatic hydroxyl groups excluding tert-OH is 1. The van der Waals surface area contributed by atoms with Gasteiger partial charge in [-0.3, -0.25) is 0 Å². The molecule has 0 unspecified atom stereocenters. The minimum atomic E-state index is 0.266. The summed E-state index contributed by atoms with van der Waals surface area (Å²) in [5.41, 5.74) is 2.58. The van der Waals surface area contributed by atoms with Gasteiger partial charge in [0.05, 0.1) is 0 Å². The number of hydrogen-bond donors (Lipinski definition) is 4. The molecule has 106 valence electrons. The largest absolute Gasteiger partial charge is 0.396 e. The molecular weight excluding hydrogens is 262 g/mol. The zero-order valence-electron chi connectivity index (χ0n) is 10.9. The molecule has 7 heteroatoms. The van der Waals surface area contributed by atoms with E-state index in [0.29, 0.717) is 11.7 Å². The molecule has 1 fully saturated rings. The lowest BCUT2D eigenvalue weighted by Gasteiger charge is -2.09. The zero-order valence-corrected chi connectivity index (χ0v) is 11.7. The summed E-state index contributed by atoms with van der Waals surface area (Å²) in [4.78, 5) is 8.87. The Labute approximate surface area is 117 Å². The van der Waals surface area contributed by atoms with Crippen molar-refractivity contribution in [2.75, 3.05) is 35.4 Å². The van der Waals surface area contributed by atoms with Crippen molar-refractivity contribution in [1.29, 1.82) is 0 Å². The molecule has 0 aromatic carbocycles. The number of aliphatic hydroxyl groups is 1. The van der Waals surface area contributed by atoms with E-state index >= 15 is 0 Å². The van der Waals surface area contributed by atoms with Gasteiger partial charge in [-0.05, 0) is 25.0 Å². The molecule has 1 aliphatic rings. The topological polar surface area (TPSA) is 96.1 Å². The van der Waals surface area contributed by atoms with Crippen LogP contribution in [0.3, 0.4) is 0 Å². The third kappa shape index (κ3) is 4.85. The second-order valence-corrected chi connectivity index (χ2v) is 5.76. The van der Waals surface area contributed by atoms with Crippen LogP contribution in [0.25, 0.3) is 0 Å². The first-order valence-electron chi connectivity index (χ1n) is 6.61. The van der Waals surface area contributed by atoms with Crippen molar-refractivity contribution in [3.05, 3.63) is 11.9 Å². The van der Waals surface area contributed by atoms with Crippen LogP contribution in [-0.2, 0) is 0 Å². The Morgan fingerprint density at radius 2 is 2.11 bits per heavy atom. The Balaban J connectivity index is 1.80. The van der Waals surface area contributed by atoms with Gasteiger partial charge >= 0.3 is 0 Å². The van der Waals surface area contributed by atoms with Crippen LogP contribution < -0.4 is 16.6 Å². The maximum absolute atomic E-state index is 8.68. The van der Waals surface area contributed by atoms with Crippen molar-refractivity contribution in [3.63, 3.8) is 0 Å². The van der Waals surface area contributed by atoms with Gasteiger partial charge in [0, 0.05) is 30.9 Å². The van der Waals surface area contributed by atoms with E-state index in [-0.39, 0.29) is 6.61 Å². The second-order valence-electron chi connectivity index (χ2n) is 4.53. The third-order valence-corrected chi connectivity index (χ3v) is 3.90. The molecule has 1 aliphatic carbocycles. The highest BCUT2D eigenvalue weighted by atomic mass is 32.2. The highest BCUT2D eigenvalue weighted by Gasteiger charge is 2.27. The van der Waals surface area contributed by atoms with Crippen molar-refractivity contribution in [1.82, 2.24) is 9.97 Å². The van der Waals surface area contributed by atoms with E-state index in [1.165, 1.54) is 12.8 Å². The van der Waals surface area contributed by atoms with Crippen molar-refractivity contribution in [2.24, 2.45) is 5.84 Å². The molecule has 1 heterocycles. The minimum absolute atomic E-state index is 0.266. The Kier molecular flexibility index (Phi) is 5.68. The quantitative estimate of drug-likeness (QED) is 0.307. The molecular formula is C12H21N5OS. The normalized spacial score (nSPS) is 14.4. The summed E-state index contributed by atoms with van der Waals surface area (Å²) in [7, 11) is 0. The zero-order chi connectivity index (χ0) is 13.5. The Morgan fingerprint density at radius 3 is 2.79 bits per heavy atom. The van der Waals surface area contributed by atoms with E-state index in [1.54, 1.807) is 0 Å². The third-order valence-electron chi connectivity index (χ3n) is 2.83. The van der Waals surface area contributed by atoms with E-state index < -0.39 is 0 Å². The molecule has 0 aliphatic heterocycles. The molecule has 1 aromatic rings. The van der Waals surface area contributed by atoms with Gasteiger partial charge in [-0.15, -0.1) is 0 Å². The van der Waals surface area contributed by atoms with E-state index in [1.807, 2.05) is 17.8 Å². The van der Waals surface area contributed by atoms with E-state index in [2.05, 4.69) is 20.7 Å². The molecule has 6 nitrogen and oxygen atoms in total. The van der Waals surface area contributed by atoms with Crippen LogP contribution in [-0.4, -0.2) is 39.7 Å². The predicted molar refractivity (Wildman–Crippen MR) is 79.3 cm³/mol. The van der Waals surface area contributed by atoms with Crippen LogP contribution in [0.1, 0.15) is 31.0 Å². The summed E-state index contributed by atoms with van der Waals surface area (Å²) >= 11 is 1.82. The molecule has 0 saturated heterocycles. The van der Waals surface area contributed by atoms with Gasteiger partial charge in [0.2, 0.25) is 0 Å². The first kappa shape index (κ1) is 14.4. The van der Waals surface area contributed by atoms with Crippen molar-refractivity contribution >= 4 is 23.4 Å². The van der Waals surface area contributed by atoms with Gasteiger partial charge in [0.1, 0.15) is 17.5 Å². The highest BCUT2D eigenvalue weighted by molar-refractivity contribution is 7.99. The average molecular weight is 283 g/mol. The molecule has 1 saturated carbocycles. The Morgan fingerprint density at radius 1 is 1.32 bits per heavy atom. The fourth-order valence-corrected chi connectivity index (χ4v) is 2.46. The molecule has 5 N–H and O–H groups in total. The smallest absolute Gasteiger partial charge is 0.145 e. The fourth-order valence-electron chi connectivity index (χ4n) is 1.67. The predicted octanol–water partition coefficient (Wildman–Crippen LogP) is 1.17. The molecule has 0 radical (unpaired) electrons. The van der Waals surface area contributed by atoms with Crippen LogP contribution in [0.5, 0.6) is 0 Å². The molecule has 0 bridgehead atoms. The van der Waals surface area contributed by atoms with Crippen LogP contribution in [0.2, 0.25) is 0 Å². The number of aromatic nitrogens is 2. The number of rotatable bonds is 9.